The Kier molecular flexibility index (Phi) is 6.79. The zero-order valence-electron chi connectivity index (χ0n) is 28.4. The first kappa shape index (κ1) is 29.8. The van der Waals surface area contributed by atoms with Gasteiger partial charge in [0.05, 0.1) is 22.2 Å². The van der Waals surface area contributed by atoms with Crippen LogP contribution in [-0.2, 0) is 5.41 Å². The monoisotopic (exact) mass is 632 g/mol. The lowest BCUT2D eigenvalue weighted by Crippen LogP contribution is -2.16. The summed E-state index contributed by atoms with van der Waals surface area (Å²) in [6, 6.07) is 28.8. The van der Waals surface area contributed by atoms with E-state index in [4.69, 9.17) is 15.0 Å². The molecule has 0 atom stereocenters. The van der Waals surface area contributed by atoms with Crippen molar-refractivity contribution >= 4 is 64.3 Å². The fraction of sp³-hybridized carbons (Fsp3) is 0.262. The normalized spacial score (nSPS) is 12.6. The molecule has 0 aliphatic rings. The van der Waals surface area contributed by atoms with Crippen molar-refractivity contribution in [3.8, 4) is 17.1 Å². The SMILES string of the molecule is Cc1ccc2ccc3nc(-c4cccc5c4sc4ncc6ccccc6c45)n(-c4c(C(C)C)cc(C(C)(C)C)cc4C(C)C)c3c2n1. The molecular weight excluding hydrogens is 593 g/mol. The van der Waals surface area contributed by atoms with Gasteiger partial charge in [-0.15, -0.1) is 11.3 Å². The standard InChI is InChI=1S/C42H40N4S/c1-23(2)32-20-28(42(6,7)8)21-33(24(3)4)37(32)46-38-34(19-18-26-17-16-25(5)44-36(26)38)45-40(46)31-15-11-14-30-35-29-13-10-9-12-27(29)22-43-41(35)47-39(30)31/h9-24H,1-8H3. The van der Waals surface area contributed by atoms with E-state index in [9.17, 15) is 0 Å². The lowest BCUT2D eigenvalue weighted by atomic mass is 9.81. The number of fused-ring (bicyclic) bond motifs is 8. The number of imidazole rings is 1. The van der Waals surface area contributed by atoms with Gasteiger partial charge in [-0.05, 0) is 64.5 Å². The van der Waals surface area contributed by atoms with Crippen molar-refractivity contribution in [3.05, 3.63) is 107 Å². The Balaban J connectivity index is 1.57. The van der Waals surface area contributed by atoms with Gasteiger partial charge in [0.1, 0.15) is 10.7 Å². The fourth-order valence-corrected chi connectivity index (χ4v) is 8.26. The maximum Gasteiger partial charge on any atom is 0.147 e. The topological polar surface area (TPSA) is 43.6 Å². The molecule has 0 unspecified atom stereocenters. The highest BCUT2D eigenvalue weighted by molar-refractivity contribution is 7.26. The minimum atomic E-state index is 0.0233. The minimum absolute atomic E-state index is 0.0233. The molecule has 4 nitrogen and oxygen atoms in total. The highest BCUT2D eigenvalue weighted by Crippen LogP contribution is 2.45. The second-order valence-electron chi connectivity index (χ2n) is 14.6. The molecule has 47 heavy (non-hydrogen) atoms. The zero-order valence-corrected chi connectivity index (χ0v) is 29.3. The van der Waals surface area contributed by atoms with Gasteiger partial charge >= 0.3 is 0 Å². The maximum atomic E-state index is 5.50. The first-order valence-electron chi connectivity index (χ1n) is 16.7. The average Bonchev–Trinajstić information content (AvgIpc) is 3.62. The number of pyridine rings is 2. The molecule has 0 radical (unpaired) electrons. The Morgan fingerprint density at radius 1 is 0.745 bits per heavy atom. The van der Waals surface area contributed by atoms with Gasteiger partial charge in [-0.1, -0.05) is 109 Å². The van der Waals surface area contributed by atoms with Crippen LogP contribution in [0.1, 0.15) is 82.7 Å². The minimum Gasteiger partial charge on any atom is -0.290 e. The van der Waals surface area contributed by atoms with E-state index in [0.717, 1.165) is 49.2 Å². The number of nitrogens with zero attached hydrogens (tertiary/aromatic N) is 4. The van der Waals surface area contributed by atoms with Crippen LogP contribution < -0.4 is 0 Å². The molecule has 5 heteroatoms. The third-order valence-corrected chi connectivity index (χ3v) is 10.8. The molecule has 0 aliphatic heterocycles. The molecule has 0 fully saturated rings. The summed E-state index contributed by atoms with van der Waals surface area (Å²) in [5.41, 5.74) is 10.4. The van der Waals surface area contributed by atoms with Crippen LogP contribution in [0.4, 0.5) is 0 Å². The first-order valence-corrected chi connectivity index (χ1v) is 17.5. The van der Waals surface area contributed by atoms with Crippen LogP contribution in [0.5, 0.6) is 0 Å². The van der Waals surface area contributed by atoms with E-state index >= 15 is 0 Å². The van der Waals surface area contributed by atoms with E-state index < -0.39 is 0 Å². The lowest BCUT2D eigenvalue weighted by molar-refractivity contribution is 0.586. The van der Waals surface area contributed by atoms with Crippen molar-refractivity contribution in [3.63, 3.8) is 0 Å². The Labute approximate surface area is 280 Å². The predicted octanol–water partition coefficient (Wildman–Crippen LogP) is 12.0. The molecule has 0 aliphatic carbocycles. The molecule has 8 rings (SSSR count). The quantitative estimate of drug-likeness (QED) is 0.194. The summed E-state index contributed by atoms with van der Waals surface area (Å²) in [6.07, 6.45) is 2.00. The van der Waals surface area contributed by atoms with Gasteiger partial charge in [-0.3, -0.25) is 9.55 Å². The Bertz CT molecular complexity index is 2490. The Hall–Kier alpha value is -4.61. The average molecular weight is 633 g/mol. The van der Waals surface area contributed by atoms with E-state index in [1.54, 1.807) is 11.3 Å². The van der Waals surface area contributed by atoms with Crippen LogP contribution >= 0.6 is 11.3 Å². The number of aromatic nitrogens is 4. The van der Waals surface area contributed by atoms with Gasteiger partial charge < -0.3 is 0 Å². The molecule has 8 aromatic rings. The van der Waals surface area contributed by atoms with Gasteiger partial charge in [0.15, 0.2) is 0 Å². The number of hydrogen-bond donors (Lipinski definition) is 0. The molecular formula is C42H40N4S. The van der Waals surface area contributed by atoms with Crippen molar-refractivity contribution in [2.24, 2.45) is 0 Å². The van der Waals surface area contributed by atoms with Crippen molar-refractivity contribution in [1.29, 1.82) is 0 Å². The van der Waals surface area contributed by atoms with Crippen LogP contribution in [0.3, 0.4) is 0 Å². The lowest BCUT2D eigenvalue weighted by Gasteiger charge is -2.28. The van der Waals surface area contributed by atoms with Crippen molar-refractivity contribution < 1.29 is 0 Å². The highest BCUT2D eigenvalue weighted by Gasteiger charge is 2.28. The largest absolute Gasteiger partial charge is 0.290 e. The molecule has 4 aromatic carbocycles. The first-order chi connectivity index (χ1) is 22.5. The van der Waals surface area contributed by atoms with Gasteiger partial charge in [-0.2, -0.15) is 0 Å². The third-order valence-electron chi connectivity index (χ3n) is 9.61. The molecule has 0 saturated carbocycles. The van der Waals surface area contributed by atoms with Gasteiger partial charge in [0.25, 0.3) is 0 Å². The maximum absolute atomic E-state index is 5.50. The number of benzene rings is 4. The number of aryl methyl sites for hydroxylation is 1. The summed E-state index contributed by atoms with van der Waals surface area (Å²) >= 11 is 1.76. The second-order valence-corrected chi connectivity index (χ2v) is 15.6. The van der Waals surface area contributed by atoms with Crippen molar-refractivity contribution in [2.75, 3.05) is 0 Å². The molecule has 0 spiro atoms. The van der Waals surface area contributed by atoms with Crippen molar-refractivity contribution in [2.45, 2.75) is 72.6 Å². The van der Waals surface area contributed by atoms with Crippen LogP contribution in [-0.4, -0.2) is 19.5 Å². The zero-order chi connectivity index (χ0) is 32.8. The molecule has 0 amide bonds. The highest BCUT2D eigenvalue weighted by atomic mass is 32.1. The van der Waals surface area contributed by atoms with Gasteiger partial charge in [0, 0.05) is 43.7 Å². The molecule has 0 saturated heterocycles. The fourth-order valence-electron chi connectivity index (χ4n) is 7.09. The molecule has 0 N–H and O–H groups in total. The van der Waals surface area contributed by atoms with E-state index in [1.165, 1.54) is 43.2 Å². The molecule has 4 heterocycles. The number of rotatable bonds is 4. The number of hydrogen-bond acceptors (Lipinski definition) is 4. The van der Waals surface area contributed by atoms with Crippen molar-refractivity contribution in [1.82, 2.24) is 19.5 Å². The van der Waals surface area contributed by atoms with Crippen LogP contribution in [0.25, 0.3) is 70.1 Å². The predicted molar refractivity (Wildman–Crippen MR) is 202 cm³/mol. The summed E-state index contributed by atoms with van der Waals surface area (Å²) in [4.78, 5) is 16.7. The summed E-state index contributed by atoms with van der Waals surface area (Å²) in [6.45, 7) is 18.3. The van der Waals surface area contributed by atoms with Gasteiger partial charge in [-0.25, -0.2) is 9.97 Å². The summed E-state index contributed by atoms with van der Waals surface area (Å²) in [5.74, 6) is 1.55. The van der Waals surface area contributed by atoms with E-state index in [2.05, 4.69) is 139 Å². The van der Waals surface area contributed by atoms with Gasteiger partial charge in [0.2, 0.25) is 0 Å². The Morgan fingerprint density at radius 2 is 1.45 bits per heavy atom. The third kappa shape index (κ3) is 4.66. The summed E-state index contributed by atoms with van der Waals surface area (Å²) < 4.78 is 3.67. The molecule has 4 aromatic heterocycles. The van der Waals surface area contributed by atoms with Crippen LogP contribution in [0.2, 0.25) is 0 Å². The summed E-state index contributed by atoms with van der Waals surface area (Å²) in [5, 5.41) is 5.96. The van der Waals surface area contributed by atoms with E-state index in [0.29, 0.717) is 11.8 Å². The smallest absolute Gasteiger partial charge is 0.147 e. The van der Waals surface area contributed by atoms with Crippen LogP contribution in [0.15, 0.2) is 85.1 Å². The van der Waals surface area contributed by atoms with E-state index in [-0.39, 0.29) is 5.41 Å². The molecule has 234 valence electrons. The Morgan fingerprint density at radius 3 is 2.17 bits per heavy atom. The number of thiophene rings is 1. The second kappa shape index (κ2) is 10.7. The van der Waals surface area contributed by atoms with Crippen LogP contribution in [0, 0.1) is 6.92 Å². The van der Waals surface area contributed by atoms with E-state index in [1.807, 2.05) is 6.20 Å². The summed E-state index contributed by atoms with van der Waals surface area (Å²) in [7, 11) is 0. The molecule has 0 bridgehead atoms.